The summed E-state index contributed by atoms with van der Waals surface area (Å²) < 4.78 is 39.1. The van der Waals surface area contributed by atoms with E-state index in [4.69, 9.17) is 10.8 Å². The molecule has 1 aromatic carbocycles. The predicted octanol–water partition coefficient (Wildman–Crippen LogP) is 3.24. The van der Waals surface area contributed by atoms with Gasteiger partial charge in [-0.15, -0.1) is 0 Å². The van der Waals surface area contributed by atoms with Crippen molar-refractivity contribution in [2.45, 2.75) is 32.9 Å². The minimum Gasteiger partial charge on any atom is -0.361 e. The second kappa shape index (κ2) is 8.27. The molecule has 0 aromatic heterocycles. The first-order valence-electron chi connectivity index (χ1n) is 7.43. The van der Waals surface area contributed by atoms with Crippen LogP contribution in [0.2, 0.25) is 0 Å². The molecule has 128 valence electrons. The van der Waals surface area contributed by atoms with Gasteiger partial charge in [0, 0.05) is 13.1 Å². The van der Waals surface area contributed by atoms with Gasteiger partial charge in [-0.1, -0.05) is 13.8 Å². The van der Waals surface area contributed by atoms with Gasteiger partial charge in [-0.2, -0.15) is 23.2 Å². The summed E-state index contributed by atoms with van der Waals surface area (Å²) in [5.41, 5.74) is 6.75. The summed E-state index contributed by atoms with van der Waals surface area (Å²) in [6, 6.07) is 4.24. The third kappa shape index (κ3) is 4.43. The van der Waals surface area contributed by atoms with Crippen molar-refractivity contribution < 1.29 is 22.8 Å². The van der Waals surface area contributed by atoms with E-state index < -0.39 is 28.9 Å². The summed E-state index contributed by atoms with van der Waals surface area (Å²) in [7, 11) is 0. The number of benzene rings is 1. The van der Waals surface area contributed by atoms with E-state index >= 15 is 0 Å². The number of carbonyl (C=O) groups excluding carboxylic acids is 1. The molecule has 0 saturated heterocycles. The Morgan fingerprint density at radius 2 is 1.88 bits per heavy atom. The molecule has 0 aliphatic rings. The van der Waals surface area contributed by atoms with Crippen molar-refractivity contribution in [1.29, 1.82) is 5.26 Å². The fraction of sp³-hybridized carbons (Fsp3) is 0.438. The predicted molar refractivity (Wildman–Crippen MR) is 81.0 cm³/mol. The minimum absolute atomic E-state index is 0.189. The van der Waals surface area contributed by atoms with Gasteiger partial charge in [-0.05, 0) is 31.0 Å². The molecular weight excluding hydrogens is 321 g/mol. The number of amides is 1. The monoisotopic (exact) mass is 338 g/mol. The lowest BCUT2D eigenvalue weighted by Crippen LogP contribution is -2.38. The summed E-state index contributed by atoms with van der Waals surface area (Å²) in [5.74, 6) is -0.654. The first kappa shape index (κ1) is 19.4. The van der Waals surface area contributed by atoms with Crippen LogP contribution in [0.5, 0.6) is 0 Å². The maximum atomic E-state index is 13.0. The number of carbonyl (C=O) groups is 1. The number of hydrogen-bond donors (Lipinski definition) is 0. The van der Waals surface area contributed by atoms with E-state index in [1.807, 2.05) is 13.8 Å². The van der Waals surface area contributed by atoms with Gasteiger partial charge in [-0.25, -0.2) is 0 Å². The summed E-state index contributed by atoms with van der Waals surface area (Å²) in [6.45, 7) is 4.51. The quantitative estimate of drug-likeness (QED) is 0.453. The lowest BCUT2D eigenvalue weighted by molar-refractivity contribution is -0.138. The Labute approximate surface area is 137 Å². The molecule has 0 bridgehead atoms. The van der Waals surface area contributed by atoms with Crippen molar-refractivity contribution in [2.24, 2.45) is 0 Å². The van der Waals surface area contributed by atoms with Crippen LogP contribution in [0.1, 0.15) is 43.4 Å². The Morgan fingerprint density at radius 1 is 1.29 bits per heavy atom. The van der Waals surface area contributed by atoms with Gasteiger partial charge in [0.1, 0.15) is 0 Å². The lowest BCUT2D eigenvalue weighted by Gasteiger charge is -2.19. The van der Waals surface area contributed by atoms with E-state index in [0.717, 1.165) is 12.1 Å². The van der Waals surface area contributed by atoms with Gasteiger partial charge in [0.25, 0.3) is 0 Å². The van der Waals surface area contributed by atoms with Crippen molar-refractivity contribution in [3.05, 3.63) is 40.4 Å². The molecule has 0 atom stereocenters. The topological polar surface area (TPSA) is 80.5 Å². The van der Waals surface area contributed by atoms with Gasteiger partial charge >= 0.3 is 17.8 Å². The van der Waals surface area contributed by atoms with Crippen molar-refractivity contribution in [1.82, 2.24) is 4.90 Å². The molecular formula is C16H17F3N4O. The molecule has 24 heavy (non-hydrogen) atoms. The van der Waals surface area contributed by atoms with Crippen LogP contribution in [-0.4, -0.2) is 34.4 Å². The highest BCUT2D eigenvalue weighted by Crippen LogP contribution is 2.32. The number of hydrogen-bond acceptors (Lipinski definition) is 2. The number of nitriles is 1. The number of alkyl halides is 3. The molecule has 0 fully saturated rings. The summed E-state index contributed by atoms with van der Waals surface area (Å²) in [4.78, 5) is 16.8. The maximum Gasteiger partial charge on any atom is 0.417 e. The molecule has 0 N–H and O–H groups in total. The molecule has 5 nitrogen and oxygen atoms in total. The first-order valence-corrected chi connectivity index (χ1v) is 7.43. The van der Waals surface area contributed by atoms with Gasteiger partial charge in [0.15, 0.2) is 0 Å². The Bertz CT molecular complexity index is 694. The van der Waals surface area contributed by atoms with Crippen LogP contribution >= 0.6 is 0 Å². The normalized spacial score (nSPS) is 10.7. The average Bonchev–Trinajstić information content (AvgIpc) is 2.54. The van der Waals surface area contributed by atoms with E-state index in [9.17, 15) is 18.0 Å². The average molecular weight is 338 g/mol. The van der Waals surface area contributed by atoms with Crippen molar-refractivity contribution >= 4 is 11.6 Å². The van der Waals surface area contributed by atoms with Crippen LogP contribution < -0.4 is 0 Å². The van der Waals surface area contributed by atoms with Crippen molar-refractivity contribution in [3.8, 4) is 6.07 Å². The van der Waals surface area contributed by atoms with Crippen LogP contribution in [0, 0.1) is 11.3 Å². The maximum absolute atomic E-state index is 13.0. The number of rotatable bonds is 6. The van der Waals surface area contributed by atoms with Gasteiger partial charge < -0.3 is 10.4 Å². The Hall–Kier alpha value is -2.65. The Balaban J connectivity index is 3.34. The van der Waals surface area contributed by atoms with Gasteiger partial charge in [0.2, 0.25) is 0 Å². The fourth-order valence-corrected chi connectivity index (χ4v) is 2.25. The number of nitrogens with zero attached hydrogens (tertiary/aromatic N) is 4. The van der Waals surface area contributed by atoms with Gasteiger partial charge in [-0.3, -0.25) is 4.79 Å². The van der Waals surface area contributed by atoms with E-state index in [1.165, 1.54) is 11.0 Å². The van der Waals surface area contributed by atoms with E-state index in [2.05, 4.69) is 4.79 Å². The lowest BCUT2D eigenvalue weighted by atomic mass is 10.0. The third-order valence-corrected chi connectivity index (χ3v) is 3.30. The smallest absolute Gasteiger partial charge is 0.361 e. The SMILES string of the molecule is CCCN(CCC)C(=O)C(=[N+]=[N-])c1ccc(C#N)c(C(F)(F)F)c1. The zero-order chi connectivity index (χ0) is 18.3. The van der Waals surface area contributed by atoms with Crippen LogP contribution in [0.25, 0.3) is 5.53 Å². The Kier molecular flexibility index (Phi) is 6.69. The van der Waals surface area contributed by atoms with Crippen LogP contribution in [0.3, 0.4) is 0 Å². The summed E-state index contributed by atoms with van der Waals surface area (Å²) in [6.07, 6.45) is -3.44. The summed E-state index contributed by atoms with van der Waals surface area (Å²) in [5, 5.41) is 8.80. The van der Waals surface area contributed by atoms with Crippen LogP contribution in [-0.2, 0) is 11.0 Å². The molecule has 0 radical (unpaired) electrons. The van der Waals surface area contributed by atoms with Crippen molar-refractivity contribution in [2.75, 3.05) is 13.1 Å². The molecule has 0 unspecified atom stereocenters. The van der Waals surface area contributed by atoms with E-state index in [0.29, 0.717) is 32.0 Å². The molecule has 0 spiro atoms. The largest absolute Gasteiger partial charge is 0.417 e. The standard InChI is InChI=1S/C16H17F3N4O/c1-3-7-23(8-4-2)15(24)14(22-21)11-5-6-12(10-20)13(9-11)16(17,18)19/h5-6,9H,3-4,7-8H2,1-2H3. The molecule has 0 heterocycles. The zero-order valence-electron chi connectivity index (χ0n) is 13.4. The molecule has 0 aliphatic carbocycles. The molecule has 1 amide bonds. The summed E-state index contributed by atoms with van der Waals surface area (Å²) >= 11 is 0. The molecule has 8 heteroatoms. The second-order valence-corrected chi connectivity index (χ2v) is 5.11. The Morgan fingerprint density at radius 3 is 2.29 bits per heavy atom. The molecule has 1 rings (SSSR count). The molecule has 0 saturated carbocycles. The highest BCUT2D eigenvalue weighted by atomic mass is 19.4. The minimum atomic E-state index is -4.75. The van der Waals surface area contributed by atoms with Gasteiger partial charge in [0.05, 0.1) is 22.8 Å². The highest BCUT2D eigenvalue weighted by molar-refractivity contribution is 6.42. The van der Waals surface area contributed by atoms with E-state index in [-0.39, 0.29) is 5.56 Å². The van der Waals surface area contributed by atoms with Crippen LogP contribution in [0.15, 0.2) is 18.2 Å². The molecule has 0 aliphatic heterocycles. The molecule has 1 aromatic rings. The third-order valence-electron chi connectivity index (χ3n) is 3.30. The fourth-order valence-electron chi connectivity index (χ4n) is 2.25. The van der Waals surface area contributed by atoms with E-state index in [1.54, 1.807) is 0 Å². The zero-order valence-corrected chi connectivity index (χ0v) is 13.4. The van der Waals surface area contributed by atoms with Crippen LogP contribution in [0.4, 0.5) is 13.2 Å². The highest BCUT2D eigenvalue weighted by Gasteiger charge is 2.36. The second-order valence-electron chi connectivity index (χ2n) is 5.11. The first-order chi connectivity index (χ1) is 11.3. The number of halogens is 3. The van der Waals surface area contributed by atoms with Crippen molar-refractivity contribution in [3.63, 3.8) is 0 Å².